The number of halogens is 2. The fraction of sp³-hybridized carbons (Fsp3) is 0.500. The van der Waals surface area contributed by atoms with Crippen molar-refractivity contribution in [1.29, 1.82) is 0 Å². The van der Waals surface area contributed by atoms with Gasteiger partial charge in [-0.15, -0.1) is 0 Å². The van der Waals surface area contributed by atoms with Crippen LogP contribution in [0.4, 0.5) is 5.69 Å². The number of benzene rings is 1. The normalized spacial score (nSPS) is 22.7. The second kappa shape index (κ2) is 8.72. The number of carbonyl (C=O) groups is 1. The summed E-state index contributed by atoms with van der Waals surface area (Å²) >= 11 is 12.5. The van der Waals surface area contributed by atoms with Crippen LogP contribution < -0.4 is 10.2 Å². The molecule has 1 aliphatic heterocycles. The van der Waals surface area contributed by atoms with Crippen LogP contribution >= 0.6 is 23.2 Å². The quantitative estimate of drug-likeness (QED) is 0.768. The third-order valence-corrected chi connectivity index (χ3v) is 6.50. The van der Waals surface area contributed by atoms with E-state index in [9.17, 15) is 4.79 Å². The van der Waals surface area contributed by atoms with Gasteiger partial charge in [0.25, 0.3) is 5.89 Å². The molecular weight excluding hydrogens is 399 g/mol. The van der Waals surface area contributed by atoms with E-state index in [1.54, 1.807) is 0 Å². The Morgan fingerprint density at radius 3 is 2.71 bits per heavy atom. The monoisotopic (exact) mass is 422 g/mol. The van der Waals surface area contributed by atoms with Gasteiger partial charge >= 0.3 is 5.91 Å². The predicted molar refractivity (Wildman–Crippen MR) is 110 cm³/mol. The van der Waals surface area contributed by atoms with Gasteiger partial charge in [0, 0.05) is 32.2 Å². The van der Waals surface area contributed by atoms with Crippen LogP contribution in [0.5, 0.6) is 0 Å². The lowest BCUT2D eigenvalue weighted by molar-refractivity contribution is 0.0842. The van der Waals surface area contributed by atoms with Gasteiger partial charge < -0.3 is 14.6 Å². The fourth-order valence-corrected chi connectivity index (χ4v) is 4.40. The van der Waals surface area contributed by atoms with Gasteiger partial charge in [-0.25, -0.2) is 4.98 Å². The van der Waals surface area contributed by atoms with Crippen molar-refractivity contribution < 1.29 is 9.21 Å². The molecule has 0 unspecified atom stereocenters. The van der Waals surface area contributed by atoms with Gasteiger partial charge in [-0.3, -0.25) is 9.69 Å². The van der Waals surface area contributed by atoms with Gasteiger partial charge in [-0.1, -0.05) is 29.3 Å². The summed E-state index contributed by atoms with van der Waals surface area (Å²) in [6.45, 7) is 5.07. The van der Waals surface area contributed by atoms with Crippen molar-refractivity contribution in [3.63, 3.8) is 0 Å². The smallest absolute Gasteiger partial charge is 0.307 e. The minimum Gasteiger partial charge on any atom is -0.441 e. The molecule has 28 heavy (non-hydrogen) atoms. The number of hydrogen-bond acceptors (Lipinski definition) is 5. The van der Waals surface area contributed by atoms with Crippen LogP contribution in [-0.2, 0) is 0 Å². The molecule has 1 saturated carbocycles. The minimum absolute atomic E-state index is 0.140. The Kier molecular flexibility index (Phi) is 6.09. The Hall–Kier alpha value is -1.76. The van der Waals surface area contributed by atoms with Crippen LogP contribution in [0.15, 0.2) is 35.1 Å². The van der Waals surface area contributed by atoms with E-state index < -0.39 is 0 Å². The second-order valence-corrected chi connectivity index (χ2v) is 8.32. The van der Waals surface area contributed by atoms with Crippen molar-refractivity contribution in [3.8, 4) is 0 Å². The first-order valence-corrected chi connectivity index (χ1v) is 10.5. The zero-order chi connectivity index (χ0) is 19.5. The van der Waals surface area contributed by atoms with Gasteiger partial charge in [0.05, 0.1) is 21.9 Å². The summed E-state index contributed by atoms with van der Waals surface area (Å²) < 4.78 is 5.02. The Balaban J connectivity index is 1.15. The maximum Gasteiger partial charge on any atom is 0.307 e. The molecule has 1 N–H and O–H groups in total. The van der Waals surface area contributed by atoms with Crippen molar-refractivity contribution in [2.45, 2.75) is 25.3 Å². The third-order valence-electron chi connectivity index (χ3n) is 5.70. The summed E-state index contributed by atoms with van der Waals surface area (Å²) in [6, 6.07) is 6.05. The van der Waals surface area contributed by atoms with E-state index in [1.165, 1.54) is 18.9 Å². The van der Waals surface area contributed by atoms with Gasteiger partial charge in [0.15, 0.2) is 0 Å². The summed E-state index contributed by atoms with van der Waals surface area (Å²) in [5.41, 5.74) is 1.03. The molecule has 8 heteroatoms. The van der Waals surface area contributed by atoms with Crippen molar-refractivity contribution >= 4 is 34.8 Å². The van der Waals surface area contributed by atoms with Crippen LogP contribution in [0.3, 0.4) is 0 Å². The number of aromatic nitrogens is 1. The zero-order valence-corrected chi connectivity index (χ0v) is 17.1. The Morgan fingerprint density at radius 1 is 1.21 bits per heavy atom. The predicted octanol–water partition coefficient (Wildman–Crippen LogP) is 3.70. The highest BCUT2D eigenvalue weighted by Gasteiger charge is 2.31. The lowest BCUT2D eigenvalue weighted by Crippen LogP contribution is -2.48. The molecule has 2 heterocycles. The number of amides is 1. The van der Waals surface area contributed by atoms with E-state index in [0.717, 1.165) is 51.3 Å². The summed E-state index contributed by atoms with van der Waals surface area (Å²) in [4.78, 5) is 20.6. The molecule has 0 radical (unpaired) electrons. The molecule has 0 spiro atoms. The maximum atomic E-state index is 11.9. The highest BCUT2D eigenvalue weighted by Crippen LogP contribution is 2.33. The number of anilines is 1. The molecule has 4 rings (SSSR count). The van der Waals surface area contributed by atoms with Crippen molar-refractivity contribution in [3.05, 3.63) is 46.6 Å². The average molecular weight is 423 g/mol. The van der Waals surface area contributed by atoms with Gasteiger partial charge in [-0.05, 0) is 43.9 Å². The Morgan fingerprint density at radius 2 is 2.00 bits per heavy atom. The van der Waals surface area contributed by atoms with E-state index >= 15 is 0 Å². The molecule has 6 nitrogen and oxygen atoms in total. The summed E-state index contributed by atoms with van der Waals surface area (Å²) in [7, 11) is 0. The number of rotatable bonds is 6. The molecule has 150 valence electrons. The lowest BCUT2D eigenvalue weighted by Gasteiger charge is -2.39. The summed E-state index contributed by atoms with van der Waals surface area (Å²) in [5.74, 6) is 0.598. The Labute approximate surface area is 174 Å². The summed E-state index contributed by atoms with van der Waals surface area (Å²) in [6.07, 6.45) is 6.13. The molecule has 2 aliphatic rings. The fourth-order valence-electron chi connectivity index (χ4n) is 3.99. The number of nitrogens with zero attached hydrogens (tertiary/aromatic N) is 3. The first-order valence-electron chi connectivity index (χ1n) is 9.72. The van der Waals surface area contributed by atoms with E-state index in [1.807, 2.05) is 18.2 Å². The van der Waals surface area contributed by atoms with Crippen LogP contribution in [0.1, 0.15) is 29.9 Å². The van der Waals surface area contributed by atoms with Gasteiger partial charge in [-0.2, -0.15) is 0 Å². The highest BCUT2D eigenvalue weighted by atomic mass is 35.5. The number of carbonyl (C=O) groups excluding carboxylic acids is 1. The van der Waals surface area contributed by atoms with Gasteiger partial charge in [0.1, 0.15) is 6.26 Å². The number of oxazole rings is 1. The van der Waals surface area contributed by atoms with Crippen LogP contribution in [0, 0.1) is 5.92 Å². The number of hydrogen-bond donors (Lipinski definition) is 1. The largest absolute Gasteiger partial charge is 0.441 e. The van der Waals surface area contributed by atoms with Crippen LogP contribution in [0.25, 0.3) is 0 Å². The van der Waals surface area contributed by atoms with Crippen LogP contribution in [0.2, 0.25) is 10.0 Å². The molecule has 1 aromatic heterocycles. The van der Waals surface area contributed by atoms with Gasteiger partial charge in [0.2, 0.25) is 0 Å². The standard InChI is InChI=1S/C20H24Cl2N4O2/c21-16-2-1-3-17(18(16)22)26-9-7-25(8-10-26)6-4-14-12-15(13-14)24-19(27)20-23-5-11-28-20/h1-3,5,11,14-15H,4,6-10,12-13H2,(H,24,27)/t14-,15-. The van der Waals surface area contributed by atoms with E-state index in [4.69, 9.17) is 27.6 Å². The van der Waals surface area contributed by atoms with E-state index in [0.29, 0.717) is 16.0 Å². The average Bonchev–Trinajstić information content (AvgIpc) is 3.21. The SMILES string of the molecule is O=C(N[C@H]1C[C@H](CCN2CCN(c3cccc(Cl)c3Cl)CC2)C1)c1ncco1. The first kappa shape index (κ1) is 19.6. The maximum absolute atomic E-state index is 11.9. The lowest BCUT2D eigenvalue weighted by atomic mass is 9.78. The van der Waals surface area contributed by atoms with Crippen molar-refractivity contribution in [2.75, 3.05) is 37.6 Å². The highest BCUT2D eigenvalue weighted by molar-refractivity contribution is 6.43. The molecule has 2 fully saturated rings. The summed E-state index contributed by atoms with van der Waals surface area (Å²) in [5, 5.41) is 4.23. The molecule has 0 bridgehead atoms. The topological polar surface area (TPSA) is 61.6 Å². The van der Waals surface area contributed by atoms with E-state index in [-0.39, 0.29) is 17.8 Å². The van der Waals surface area contributed by atoms with E-state index in [2.05, 4.69) is 20.1 Å². The zero-order valence-electron chi connectivity index (χ0n) is 15.6. The second-order valence-electron chi connectivity index (χ2n) is 7.54. The molecule has 0 atom stereocenters. The third kappa shape index (κ3) is 4.45. The van der Waals surface area contributed by atoms with Crippen LogP contribution in [-0.4, -0.2) is 54.6 Å². The molecule has 1 aromatic carbocycles. The minimum atomic E-state index is -0.218. The Bertz CT molecular complexity index is 801. The molecule has 2 aromatic rings. The first-order chi connectivity index (χ1) is 13.6. The molecular formula is C20H24Cl2N4O2. The number of piperazine rings is 1. The molecule has 1 aliphatic carbocycles. The number of nitrogens with one attached hydrogen (secondary N) is 1. The van der Waals surface area contributed by atoms with Crippen molar-refractivity contribution in [2.24, 2.45) is 5.92 Å². The molecule has 1 amide bonds. The molecule has 1 saturated heterocycles. The van der Waals surface area contributed by atoms with Crippen molar-refractivity contribution in [1.82, 2.24) is 15.2 Å².